The molecule has 0 bridgehead atoms. The Hall–Kier alpha value is -0.830. The lowest BCUT2D eigenvalue weighted by molar-refractivity contribution is 0.338. The van der Waals surface area contributed by atoms with Gasteiger partial charge in [-0.25, -0.2) is 0 Å². The fourth-order valence-corrected chi connectivity index (χ4v) is 1.77. The molecule has 1 aromatic carbocycles. The van der Waals surface area contributed by atoms with E-state index < -0.39 is 0 Å². The molecule has 0 saturated heterocycles. The van der Waals surface area contributed by atoms with E-state index in [1.807, 2.05) is 13.0 Å². The van der Waals surface area contributed by atoms with Crippen LogP contribution < -0.4 is 9.64 Å². The summed E-state index contributed by atoms with van der Waals surface area (Å²) in [6, 6.07) is 6.26. The standard InChI is InChI=1S/C12H19NOS/c1-4-14-12-6-5-11(9-10(12)2)13(3)7-8-15/h5-6,9,15H,4,7-8H2,1-3H3. The summed E-state index contributed by atoms with van der Waals surface area (Å²) in [5, 5.41) is 0. The van der Waals surface area contributed by atoms with Crippen LogP contribution >= 0.6 is 12.6 Å². The number of hydrogen-bond acceptors (Lipinski definition) is 3. The van der Waals surface area contributed by atoms with E-state index in [4.69, 9.17) is 4.74 Å². The molecule has 0 unspecified atom stereocenters. The Labute approximate surface area is 97.6 Å². The SMILES string of the molecule is CCOc1ccc(N(C)CCS)cc1C. The fourth-order valence-electron chi connectivity index (χ4n) is 1.47. The average Bonchev–Trinajstić information content (AvgIpc) is 2.21. The van der Waals surface area contributed by atoms with Crippen molar-refractivity contribution in [2.24, 2.45) is 0 Å². The summed E-state index contributed by atoms with van der Waals surface area (Å²) in [6.07, 6.45) is 0. The first-order valence-corrected chi connectivity index (χ1v) is 5.87. The van der Waals surface area contributed by atoms with Crippen molar-refractivity contribution in [1.29, 1.82) is 0 Å². The first-order chi connectivity index (χ1) is 7.19. The number of thiol groups is 1. The fraction of sp³-hybridized carbons (Fsp3) is 0.500. The maximum atomic E-state index is 5.50. The summed E-state index contributed by atoms with van der Waals surface area (Å²) in [6.45, 7) is 5.74. The molecule has 1 aromatic rings. The average molecular weight is 225 g/mol. The van der Waals surface area contributed by atoms with Gasteiger partial charge in [0.1, 0.15) is 5.75 Å². The van der Waals surface area contributed by atoms with E-state index in [2.05, 4.69) is 43.6 Å². The van der Waals surface area contributed by atoms with Crippen molar-refractivity contribution in [3.05, 3.63) is 23.8 Å². The molecule has 0 aliphatic carbocycles. The van der Waals surface area contributed by atoms with Gasteiger partial charge in [-0.15, -0.1) is 0 Å². The largest absolute Gasteiger partial charge is 0.494 e. The molecule has 15 heavy (non-hydrogen) atoms. The van der Waals surface area contributed by atoms with Crippen LogP contribution in [0.5, 0.6) is 5.75 Å². The zero-order valence-corrected chi connectivity index (χ0v) is 10.6. The number of ether oxygens (including phenoxy) is 1. The lowest BCUT2D eigenvalue weighted by Crippen LogP contribution is -2.19. The van der Waals surface area contributed by atoms with E-state index in [0.29, 0.717) is 6.61 Å². The Bertz CT molecular complexity index is 314. The quantitative estimate of drug-likeness (QED) is 0.774. The van der Waals surface area contributed by atoms with Gasteiger partial charge in [0.15, 0.2) is 0 Å². The number of benzene rings is 1. The van der Waals surface area contributed by atoms with E-state index in [0.717, 1.165) is 18.0 Å². The summed E-state index contributed by atoms with van der Waals surface area (Å²) in [4.78, 5) is 2.19. The number of aryl methyl sites for hydroxylation is 1. The Morgan fingerprint density at radius 3 is 2.67 bits per heavy atom. The van der Waals surface area contributed by atoms with Crippen molar-refractivity contribution in [2.45, 2.75) is 13.8 Å². The first kappa shape index (κ1) is 12.2. The molecule has 0 amide bonds. The molecule has 1 rings (SSSR count). The molecular formula is C12H19NOS. The summed E-state index contributed by atoms with van der Waals surface area (Å²) in [5.74, 6) is 1.84. The first-order valence-electron chi connectivity index (χ1n) is 5.24. The van der Waals surface area contributed by atoms with E-state index in [-0.39, 0.29) is 0 Å². The van der Waals surface area contributed by atoms with Crippen LogP contribution in [0.2, 0.25) is 0 Å². The highest BCUT2D eigenvalue weighted by atomic mass is 32.1. The van der Waals surface area contributed by atoms with Gasteiger partial charge in [0, 0.05) is 25.0 Å². The van der Waals surface area contributed by atoms with Gasteiger partial charge in [-0.2, -0.15) is 12.6 Å². The van der Waals surface area contributed by atoms with Crippen LogP contribution in [0.4, 0.5) is 5.69 Å². The van der Waals surface area contributed by atoms with Gasteiger partial charge >= 0.3 is 0 Å². The van der Waals surface area contributed by atoms with Gasteiger partial charge in [0.05, 0.1) is 6.61 Å². The van der Waals surface area contributed by atoms with Crippen LogP contribution in [0.25, 0.3) is 0 Å². The van der Waals surface area contributed by atoms with Crippen LogP contribution in [0.1, 0.15) is 12.5 Å². The van der Waals surface area contributed by atoms with Gasteiger partial charge < -0.3 is 9.64 Å². The second-order valence-electron chi connectivity index (χ2n) is 3.53. The zero-order chi connectivity index (χ0) is 11.3. The van der Waals surface area contributed by atoms with Crippen molar-refractivity contribution >= 4 is 18.3 Å². The molecule has 0 fully saturated rings. The zero-order valence-electron chi connectivity index (χ0n) is 9.66. The minimum Gasteiger partial charge on any atom is -0.494 e. The lowest BCUT2D eigenvalue weighted by Gasteiger charge is -2.19. The van der Waals surface area contributed by atoms with Gasteiger partial charge in [0.25, 0.3) is 0 Å². The van der Waals surface area contributed by atoms with E-state index >= 15 is 0 Å². The molecule has 84 valence electrons. The predicted molar refractivity (Wildman–Crippen MR) is 69.5 cm³/mol. The minimum atomic E-state index is 0.715. The Morgan fingerprint density at radius 2 is 2.13 bits per heavy atom. The summed E-state index contributed by atoms with van der Waals surface area (Å²) in [5.41, 5.74) is 2.39. The summed E-state index contributed by atoms with van der Waals surface area (Å²) < 4.78 is 5.50. The van der Waals surface area contributed by atoms with Gasteiger partial charge in [-0.05, 0) is 37.6 Å². The lowest BCUT2D eigenvalue weighted by atomic mass is 10.2. The molecule has 0 saturated carbocycles. The van der Waals surface area contributed by atoms with Crippen molar-refractivity contribution < 1.29 is 4.74 Å². The molecule has 0 radical (unpaired) electrons. The molecule has 3 heteroatoms. The molecule has 0 N–H and O–H groups in total. The van der Waals surface area contributed by atoms with Crippen molar-refractivity contribution in [2.75, 3.05) is 30.9 Å². The highest BCUT2D eigenvalue weighted by molar-refractivity contribution is 7.80. The second kappa shape index (κ2) is 5.91. The number of rotatable bonds is 5. The number of anilines is 1. The normalized spacial score (nSPS) is 10.1. The molecule has 0 atom stereocenters. The van der Waals surface area contributed by atoms with Crippen molar-refractivity contribution in [1.82, 2.24) is 0 Å². The van der Waals surface area contributed by atoms with Crippen LogP contribution in [0.15, 0.2) is 18.2 Å². The monoisotopic (exact) mass is 225 g/mol. The van der Waals surface area contributed by atoms with Crippen LogP contribution in [0, 0.1) is 6.92 Å². The van der Waals surface area contributed by atoms with E-state index in [9.17, 15) is 0 Å². The third-order valence-electron chi connectivity index (χ3n) is 2.33. The van der Waals surface area contributed by atoms with Crippen molar-refractivity contribution in [3.63, 3.8) is 0 Å². The maximum absolute atomic E-state index is 5.50. The van der Waals surface area contributed by atoms with Crippen molar-refractivity contribution in [3.8, 4) is 5.75 Å². The predicted octanol–water partition coefficient (Wildman–Crippen LogP) is 2.76. The van der Waals surface area contributed by atoms with Gasteiger partial charge in [-0.1, -0.05) is 0 Å². The Morgan fingerprint density at radius 1 is 1.40 bits per heavy atom. The Kier molecular flexibility index (Phi) is 4.82. The topological polar surface area (TPSA) is 12.5 Å². The molecule has 0 heterocycles. The van der Waals surface area contributed by atoms with Crippen LogP contribution in [0.3, 0.4) is 0 Å². The van der Waals surface area contributed by atoms with Crippen LogP contribution in [-0.4, -0.2) is 26.0 Å². The molecule has 0 aliphatic heterocycles. The van der Waals surface area contributed by atoms with Gasteiger partial charge in [0.2, 0.25) is 0 Å². The highest BCUT2D eigenvalue weighted by Gasteiger charge is 2.03. The smallest absolute Gasteiger partial charge is 0.122 e. The summed E-state index contributed by atoms with van der Waals surface area (Å²) >= 11 is 4.22. The van der Waals surface area contributed by atoms with Crippen LogP contribution in [-0.2, 0) is 0 Å². The van der Waals surface area contributed by atoms with E-state index in [1.165, 1.54) is 11.3 Å². The summed E-state index contributed by atoms with van der Waals surface area (Å²) in [7, 11) is 2.07. The number of hydrogen-bond donors (Lipinski definition) is 1. The third-order valence-corrected chi connectivity index (χ3v) is 2.53. The van der Waals surface area contributed by atoms with E-state index in [1.54, 1.807) is 0 Å². The highest BCUT2D eigenvalue weighted by Crippen LogP contribution is 2.23. The third kappa shape index (κ3) is 3.34. The van der Waals surface area contributed by atoms with Gasteiger partial charge in [-0.3, -0.25) is 0 Å². The molecule has 0 spiro atoms. The molecule has 0 aromatic heterocycles. The number of nitrogens with zero attached hydrogens (tertiary/aromatic N) is 1. The minimum absolute atomic E-state index is 0.715. The Balaban J connectivity index is 2.81. The molecular weight excluding hydrogens is 206 g/mol. The molecule has 0 aliphatic rings. The molecule has 2 nitrogen and oxygen atoms in total. The second-order valence-corrected chi connectivity index (χ2v) is 3.98. The maximum Gasteiger partial charge on any atom is 0.122 e.